The molecule has 6 nitrogen and oxygen atoms in total. The molecule has 0 fully saturated rings. The Hall–Kier alpha value is -2.37. The zero-order valence-corrected chi connectivity index (χ0v) is 13.0. The molecule has 0 aromatic carbocycles. The molecule has 0 spiro atoms. The molecular weight excluding hydrogens is 278 g/mol. The van der Waals surface area contributed by atoms with E-state index in [-0.39, 0.29) is 6.03 Å². The van der Waals surface area contributed by atoms with Crippen LogP contribution in [-0.4, -0.2) is 27.3 Å². The fraction of sp³-hybridized carbons (Fsp3) is 0.438. The number of aromatic nitrogens is 3. The number of hydrogen-bond acceptors (Lipinski definition) is 3. The monoisotopic (exact) mass is 301 g/mol. The predicted molar refractivity (Wildman–Crippen MR) is 85.7 cm³/mol. The largest absolute Gasteiger partial charge is 0.338 e. The number of urea groups is 1. The van der Waals surface area contributed by atoms with Gasteiger partial charge < -0.3 is 10.6 Å². The topological polar surface area (TPSA) is 71.8 Å². The zero-order chi connectivity index (χ0) is 15.6. The summed E-state index contributed by atoms with van der Waals surface area (Å²) in [6.07, 6.45) is 9.91. The average molecular weight is 301 g/mol. The number of pyridine rings is 1. The molecule has 0 aliphatic heterocycles. The van der Waals surface area contributed by atoms with Crippen molar-refractivity contribution in [1.82, 2.24) is 25.4 Å². The fourth-order valence-electron chi connectivity index (χ4n) is 2.06. The summed E-state index contributed by atoms with van der Waals surface area (Å²) in [5.41, 5.74) is 0.956. The Kier molecular flexibility index (Phi) is 6.41. The Bertz CT molecular complexity index is 550. The molecule has 2 rings (SSSR count). The van der Waals surface area contributed by atoms with E-state index in [0.717, 1.165) is 30.8 Å². The maximum absolute atomic E-state index is 11.6. The molecule has 6 heteroatoms. The molecule has 2 N–H and O–H groups in total. The summed E-state index contributed by atoms with van der Waals surface area (Å²) in [5, 5.41) is 9.81. The van der Waals surface area contributed by atoms with E-state index >= 15 is 0 Å². The van der Waals surface area contributed by atoms with Gasteiger partial charge in [0, 0.05) is 31.7 Å². The van der Waals surface area contributed by atoms with Crippen molar-refractivity contribution < 1.29 is 4.79 Å². The van der Waals surface area contributed by atoms with Crippen LogP contribution in [0.1, 0.15) is 38.2 Å². The Morgan fingerprint density at radius 2 is 2.14 bits per heavy atom. The maximum atomic E-state index is 11.6. The SMILES string of the molecule is CCCCCCNC(=O)NCc1ccc(-n2cccn2)nc1. The Balaban J connectivity index is 1.69. The molecule has 0 unspecified atom stereocenters. The highest BCUT2D eigenvalue weighted by Gasteiger charge is 2.02. The molecule has 118 valence electrons. The normalized spacial score (nSPS) is 10.4. The van der Waals surface area contributed by atoms with Crippen molar-refractivity contribution in [1.29, 1.82) is 0 Å². The van der Waals surface area contributed by atoms with Crippen molar-refractivity contribution >= 4 is 6.03 Å². The Labute approximate surface area is 130 Å². The summed E-state index contributed by atoms with van der Waals surface area (Å²) in [4.78, 5) is 16.0. The van der Waals surface area contributed by atoms with Crippen molar-refractivity contribution in [2.75, 3.05) is 6.54 Å². The maximum Gasteiger partial charge on any atom is 0.315 e. The first-order valence-electron chi connectivity index (χ1n) is 7.76. The van der Waals surface area contributed by atoms with Crippen molar-refractivity contribution in [2.45, 2.75) is 39.2 Å². The number of rotatable bonds is 8. The molecular formula is C16H23N5O. The number of carbonyl (C=O) groups excluding carboxylic acids is 1. The van der Waals surface area contributed by atoms with E-state index in [2.05, 4.69) is 27.6 Å². The fourth-order valence-corrected chi connectivity index (χ4v) is 2.06. The van der Waals surface area contributed by atoms with Gasteiger partial charge in [0.15, 0.2) is 5.82 Å². The molecule has 2 amide bonds. The van der Waals surface area contributed by atoms with Gasteiger partial charge in [-0.2, -0.15) is 5.10 Å². The van der Waals surface area contributed by atoms with Gasteiger partial charge in [-0.05, 0) is 24.1 Å². The predicted octanol–water partition coefficient (Wildman–Crippen LogP) is 2.65. The van der Waals surface area contributed by atoms with Gasteiger partial charge >= 0.3 is 6.03 Å². The number of nitrogens with zero attached hydrogens (tertiary/aromatic N) is 3. The van der Waals surface area contributed by atoms with Gasteiger partial charge in [0.25, 0.3) is 0 Å². The van der Waals surface area contributed by atoms with Gasteiger partial charge in [-0.25, -0.2) is 14.5 Å². The van der Waals surface area contributed by atoms with Gasteiger partial charge in [0.1, 0.15) is 0 Å². The number of carbonyl (C=O) groups is 1. The van der Waals surface area contributed by atoms with Crippen LogP contribution in [0.4, 0.5) is 4.79 Å². The molecule has 0 saturated heterocycles. The van der Waals surface area contributed by atoms with E-state index in [0.29, 0.717) is 6.54 Å². The second-order valence-electron chi connectivity index (χ2n) is 5.15. The lowest BCUT2D eigenvalue weighted by molar-refractivity contribution is 0.240. The summed E-state index contributed by atoms with van der Waals surface area (Å²) >= 11 is 0. The van der Waals surface area contributed by atoms with Crippen LogP contribution in [0.3, 0.4) is 0 Å². The molecule has 0 aliphatic rings. The third-order valence-corrected chi connectivity index (χ3v) is 3.32. The summed E-state index contributed by atoms with van der Waals surface area (Å²) in [5.74, 6) is 0.758. The Morgan fingerprint density at radius 1 is 1.23 bits per heavy atom. The number of unbranched alkanes of at least 4 members (excludes halogenated alkanes) is 3. The van der Waals surface area contributed by atoms with Crippen LogP contribution in [0.15, 0.2) is 36.8 Å². The molecule has 2 aromatic rings. The highest BCUT2D eigenvalue weighted by molar-refractivity contribution is 5.73. The van der Waals surface area contributed by atoms with Crippen LogP contribution in [0.2, 0.25) is 0 Å². The van der Waals surface area contributed by atoms with Crippen LogP contribution < -0.4 is 10.6 Å². The summed E-state index contributed by atoms with van der Waals surface area (Å²) < 4.78 is 1.69. The summed E-state index contributed by atoms with van der Waals surface area (Å²) in [6.45, 7) is 3.36. The van der Waals surface area contributed by atoms with Gasteiger partial charge in [-0.15, -0.1) is 0 Å². The van der Waals surface area contributed by atoms with Gasteiger partial charge in [0.05, 0.1) is 0 Å². The zero-order valence-electron chi connectivity index (χ0n) is 13.0. The molecule has 2 heterocycles. The highest BCUT2D eigenvalue weighted by atomic mass is 16.2. The minimum absolute atomic E-state index is 0.132. The summed E-state index contributed by atoms with van der Waals surface area (Å²) in [7, 11) is 0. The molecule has 22 heavy (non-hydrogen) atoms. The lowest BCUT2D eigenvalue weighted by atomic mass is 10.2. The summed E-state index contributed by atoms with van der Waals surface area (Å²) in [6, 6.07) is 5.54. The van der Waals surface area contributed by atoms with E-state index < -0.39 is 0 Å². The first-order valence-corrected chi connectivity index (χ1v) is 7.76. The highest BCUT2D eigenvalue weighted by Crippen LogP contribution is 2.04. The number of nitrogens with one attached hydrogen (secondary N) is 2. The van der Waals surface area contributed by atoms with Gasteiger partial charge in [0.2, 0.25) is 0 Å². The van der Waals surface area contributed by atoms with Crippen molar-refractivity contribution in [3.8, 4) is 5.82 Å². The molecule has 0 saturated carbocycles. The van der Waals surface area contributed by atoms with E-state index in [9.17, 15) is 4.79 Å². The van der Waals surface area contributed by atoms with Crippen molar-refractivity contribution in [2.24, 2.45) is 0 Å². The van der Waals surface area contributed by atoms with Crippen LogP contribution >= 0.6 is 0 Å². The van der Waals surface area contributed by atoms with Crippen LogP contribution in [0, 0.1) is 0 Å². The standard InChI is InChI=1S/C16H23N5O/c1-2-3-4-5-9-17-16(22)19-13-14-7-8-15(18-12-14)21-11-6-10-20-21/h6-8,10-12H,2-5,9,13H2,1H3,(H2,17,19,22). The van der Waals surface area contributed by atoms with Crippen LogP contribution in [0.5, 0.6) is 0 Å². The minimum Gasteiger partial charge on any atom is -0.338 e. The van der Waals surface area contributed by atoms with Gasteiger partial charge in [-0.3, -0.25) is 0 Å². The quantitative estimate of drug-likeness (QED) is 0.736. The first kappa shape index (κ1) is 16.0. The van der Waals surface area contributed by atoms with Gasteiger partial charge in [-0.1, -0.05) is 32.3 Å². The third-order valence-electron chi connectivity index (χ3n) is 3.32. The minimum atomic E-state index is -0.132. The second kappa shape index (κ2) is 8.81. The number of hydrogen-bond donors (Lipinski definition) is 2. The second-order valence-corrected chi connectivity index (χ2v) is 5.15. The molecule has 2 aromatic heterocycles. The third kappa shape index (κ3) is 5.20. The molecule has 0 bridgehead atoms. The van der Waals surface area contributed by atoms with E-state index in [1.165, 1.54) is 12.8 Å². The van der Waals surface area contributed by atoms with Crippen LogP contribution in [-0.2, 0) is 6.54 Å². The lowest BCUT2D eigenvalue weighted by Crippen LogP contribution is -2.35. The van der Waals surface area contributed by atoms with E-state index in [1.54, 1.807) is 17.1 Å². The first-order chi connectivity index (χ1) is 10.8. The molecule has 0 atom stereocenters. The lowest BCUT2D eigenvalue weighted by Gasteiger charge is -2.08. The number of amides is 2. The van der Waals surface area contributed by atoms with Crippen LogP contribution in [0.25, 0.3) is 5.82 Å². The van der Waals surface area contributed by atoms with Crippen molar-refractivity contribution in [3.63, 3.8) is 0 Å². The van der Waals surface area contributed by atoms with Crippen molar-refractivity contribution in [3.05, 3.63) is 42.4 Å². The Morgan fingerprint density at radius 3 is 2.82 bits per heavy atom. The smallest absolute Gasteiger partial charge is 0.315 e. The molecule has 0 aliphatic carbocycles. The average Bonchev–Trinajstić information content (AvgIpc) is 3.08. The van der Waals surface area contributed by atoms with E-state index in [4.69, 9.17) is 0 Å². The molecule has 0 radical (unpaired) electrons. The van der Waals surface area contributed by atoms with E-state index in [1.807, 2.05) is 24.4 Å².